The number of carbonyl (C=O) groups is 2. The fraction of sp³-hybridized carbons (Fsp3) is 0.714. The summed E-state index contributed by atoms with van der Waals surface area (Å²) in [6, 6.07) is 0. The summed E-state index contributed by atoms with van der Waals surface area (Å²) in [6.45, 7) is 2.57. The van der Waals surface area contributed by atoms with E-state index in [1.165, 1.54) is 7.11 Å². The number of rotatable bonds is 9. The molecule has 0 atom stereocenters. The third-order valence-electron chi connectivity index (χ3n) is 3.06. The maximum Gasteiger partial charge on any atom is 0.305 e. The van der Waals surface area contributed by atoms with Crippen molar-refractivity contribution in [2.24, 2.45) is 0 Å². The van der Waals surface area contributed by atoms with E-state index in [9.17, 15) is 9.59 Å². The van der Waals surface area contributed by atoms with Crippen LogP contribution in [-0.2, 0) is 27.2 Å². The molecule has 1 rings (SSSR count). The summed E-state index contributed by atoms with van der Waals surface area (Å²) in [5.74, 6) is 0.918. The number of hydrogen-bond acceptors (Lipinski definition) is 6. The van der Waals surface area contributed by atoms with Gasteiger partial charge in [0.15, 0.2) is 5.82 Å². The van der Waals surface area contributed by atoms with Gasteiger partial charge in [0.1, 0.15) is 0 Å². The first-order valence-electron chi connectivity index (χ1n) is 7.19. The molecule has 118 valence electrons. The van der Waals surface area contributed by atoms with Crippen LogP contribution in [0.15, 0.2) is 4.52 Å². The maximum atomic E-state index is 11.9. The van der Waals surface area contributed by atoms with Gasteiger partial charge in [0.25, 0.3) is 0 Å². The van der Waals surface area contributed by atoms with Gasteiger partial charge in [-0.2, -0.15) is 4.98 Å². The van der Waals surface area contributed by atoms with Crippen molar-refractivity contribution in [3.8, 4) is 0 Å². The summed E-state index contributed by atoms with van der Waals surface area (Å²) in [7, 11) is 3.07. The number of aryl methyl sites for hydroxylation is 2. The molecule has 0 aliphatic carbocycles. The van der Waals surface area contributed by atoms with E-state index in [1.807, 2.05) is 6.92 Å². The molecule has 0 saturated heterocycles. The van der Waals surface area contributed by atoms with E-state index in [0.717, 1.165) is 12.8 Å². The molecule has 7 heteroatoms. The van der Waals surface area contributed by atoms with Crippen LogP contribution >= 0.6 is 0 Å². The average molecular weight is 297 g/mol. The first-order chi connectivity index (χ1) is 10.1. The predicted molar refractivity (Wildman–Crippen MR) is 75.5 cm³/mol. The van der Waals surface area contributed by atoms with Gasteiger partial charge in [-0.3, -0.25) is 9.59 Å². The molecule has 21 heavy (non-hydrogen) atoms. The zero-order valence-corrected chi connectivity index (χ0v) is 12.9. The largest absolute Gasteiger partial charge is 0.469 e. The van der Waals surface area contributed by atoms with Crippen molar-refractivity contribution < 1.29 is 18.8 Å². The highest BCUT2D eigenvalue weighted by molar-refractivity contribution is 5.76. The normalized spacial score (nSPS) is 10.4. The van der Waals surface area contributed by atoms with Gasteiger partial charge < -0.3 is 14.2 Å². The van der Waals surface area contributed by atoms with Crippen molar-refractivity contribution in [1.82, 2.24) is 15.0 Å². The van der Waals surface area contributed by atoms with Gasteiger partial charge in [0, 0.05) is 39.3 Å². The molecule has 7 nitrogen and oxygen atoms in total. The number of esters is 1. The van der Waals surface area contributed by atoms with E-state index in [-0.39, 0.29) is 11.9 Å². The van der Waals surface area contributed by atoms with Crippen molar-refractivity contribution in [2.75, 3.05) is 20.7 Å². The lowest BCUT2D eigenvalue weighted by molar-refractivity contribution is -0.141. The molecule has 0 spiro atoms. The van der Waals surface area contributed by atoms with Gasteiger partial charge in [-0.25, -0.2) is 0 Å². The lowest BCUT2D eigenvalue weighted by Crippen LogP contribution is -2.28. The Labute approximate surface area is 124 Å². The molecule has 0 saturated carbocycles. The number of nitrogens with zero attached hydrogens (tertiary/aromatic N) is 3. The number of amides is 1. The van der Waals surface area contributed by atoms with E-state index < -0.39 is 0 Å². The lowest BCUT2D eigenvalue weighted by atomic mass is 10.2. The minimum absolute atomic E-state index is 0.00453. The molecule has 1 aromatic heterocycles. The Morgan fingerprint density at radius 3 is 2.71 bits per heavy atom. The van der Waals surface area contributed by atoms with Gasteiger partial charge in [-0.15, -0.1) is 0 Å². The number of aromatic nitrogens is 2. The molecule has 0 N–H and O–H groups in total. The Bertz CT molecular complexity index is 459. The van der Waals surface area contributed by atoms with Crippen LogP contribution in [-0.4, -0.2) is 47.6 Å². The highest BCUT2D eigenvalue weighted by Gasteiger charge is 2.12. The Morgan fingerprint density at radius 2 is 2.05 bits per heavy atom. The van der Waals surface area contributed by atoms with Crippen LogP contribution in [0.25, 0.3) is 0 Å². The first kappa shape index (κ1) is 17.1. The fourth-order valence-corrected chi connectivity index (χ4v) is 1.81. The molecule has 0 bridgehead atoms. The van der Waals surface area contributed by atoms with Gasteiger partial charge in [0.2, 0.25) is 11.8 Å². The van der Waals surface area contributed by atoms with Gasteiger partial charge in [-0.1, -0.05) is 12.1 Å². The predicted octanol–water partition coefficient (Wildman–Crippen LogP) is 1.37. The zero-order chi connectivity index (χ0) is 15.7. The Hall–Kier alpha value is -1.92. The van der Waals surface area contributed by atoms with Crippen LogP contribution < -0.4 is 0 Å². The number of ether oxygens (including phenoxy) is 1. The molecule has 1 amide bonds. The zero-order valence-electron chi connectivity index (χ0n) is 12.9. The second-order valence-electron chi connectivity index (χ2n) is 4.85. The second-order valence-corrected chi connectivity index (χ2v) is 4.85. The monoisotopic (exact) mass is 297 g/mol. The Morgan fingerprint density at radius 1 is 1.29 bits per heavy atom. The van der Waals surface area contributed by atoms with Crippen LogP contribution in [0.5, 0.6) is 0 Å². The second kappa shape index (κ2) is 9.10. The molecule has 0 unspecified atom stereocenters. The van der Waals surface area contributed by atoms with Gasteiger partial charge >= 0.3 is 5.97 Å². The number of carbonyl (C=O) groups excluding carboxylic acids is 2. The van der Waals surface area contributed by atoms with Crippen LogP contribution in [0.3, 0.4) is 0 Å². The van der Waals surface area contributed by atoms with Crippen LogP contribution in [0.4, 0.5) is 0 Å². The molecular weight excluding hydrogens is 274 g/mol. The molecule has 1 aromatic rings. The van der Waals surface area contributed by atoms with Gasteiger partial charge in [-0.05, 0) is 12.8 Å². The maximum absolute atomic E-state index is 11.9. The van der Waals surface area contributed by atoms with Crippen molar-refractivity contribution in [1.29, 1.82) is 0 Å². The topological polar surface area (TPSA) is 85.5 Å². The van der Waals surface area contributed by atoms with Crippen LogP contribution in [0.2, 0.25) is 0 Å². The highest BCUT2D eigenvalue weighted by Crippen LogP contribution is 2.05. The van der Waals surface area contributed by atoms with Crippen LogP contribution in [0.1, 0.15) is 44.3 Å². The first-order valence-corrected chi connectivity index (χ1v) is 7.19. The summed E-state index contributed by atoms with van der Waals surface area (Å²) in [5.41, 5.74) is 0. The summed E-state index contributed by atoms with van der Waals surface area (Å²) >= 11 is 0. The van der Waals surface area contributed by atoms with Crippen molar-refractivity contribution in [3.63, 3.8) is 0 Å². The minimum Gasteiger partial charge on any atom is -0.469 e. The molecular formula is C14H23N3O4. The molecule has 0 fully saturated rings. The third kappa shape index (κ3) is 6.37. The van der Waals surface area contributed by atoms with E-state index in [1.54, 1.807) is 11.9 Å². The third-order valence-corrected chi connectivity index (χ3v) is 3.06. The summed E-state index contributed by atoms with van der Waals surface area (Å²) in [6.07, 6.45) is 3.42. The number of methoxy groups -OCH3 is 1. The van der Waals surface area contributed by atoms with E-state index in [0.29, 0.717) is 43.9 Å². The molecule has 0 radical (unpaired) electrons. The van der Waals surface area contributed by atoms with E-state index in [2.05, 4.69) is 14.9 Å². The van der Waals surface area contributed by atoms with Crippen LogP contribution in [0, 0.1) is 0 Å². The summed E-state index contributed by atoms with van der Waals surface area (Å²) in [4.78, 5) is 28.7. The number of hydrogen-bond donors (Lipinski definition) is 0. The SMILES string of the molecule is CCCc1noc(CCC(=O)N(C)CCCC(=O)OC)n1. The average Bonchev–Trinajstić information content (AvgIpc) is 2.92. The Balaban J connectivity index is 2.26. The highest BCUT2D eigenvalue weighted by atomic mass is 16.5. The molecule has 0 aliphatic rings. The minimum atomic E-state index is -0.259. The molecule has 0 aromatic carbocycles. The summed E-state index contributed by atoms with van der Waals surface area (Å²) in [5, 5.41) is 3.84. The van der Waals surface area contributed by atoms with Crippen molar-refractivity contribution in [2.45, 2.75) is 45.4 Å². The van der Waals surface area contributed by atoms with E-state index in [4.69, 9.17) is 4.52 Å². The van der Waals surface area contributed by atoms with Crippen molar-refractivity contribution in [3.05, 3.63) is 11.7 Å². The standard InChI is InChI=1S/C14H23N3O4/c1-4-6-11-15-12(21-16-11)8-9-13(18)17(2)10-5-7-14(19)20-3/h4-10H2,1-3H3. The molecule has 0 aliphatic heterocycles. The fourth-order valence-electron chi connectivity index (χ4n) is 1.81. The lowest BCUT2D eigenvalue weighted by Gasteiger charge is -2.16. The molecule has 1 heterocycles. The van der Waals surface area contributed by atoms with Gasteiger partial charge in [0.05, 0.1) is 7.11 Å². The van der Waals surface area contributed by atoms with Crippen molar-refractivity contribution >= 4 is 11.9 Å². The van der Waals surface area contributed by atoms with E-state index >= 15 is 0 Å². The quantitative estimate of drug-likeness (QED) is 0.640. The smallest absolute Gasteiger partial charge is 0.305 e. The Kier molecular flexibility index (Phi) is 7.42. The summed E-state index contributed by atoms with van der Waals surface area (Å²) < 4.78 is 9.63.